The fourth-order valence-electron chi connectivity index (χ4n) is 2.39. The number of thiophene rings is 1. The standard InChI is InChI=1S/C18H24N4O2S/c1-3-18(4-2,12-19)22-16(23)14-10-11-15(25-14)21-17(24)20-13-8-6-5-7-9-13/h5-11H,3-4,12,19H2,1-2H3,(H,22,23)(H2,20,21,24). The van der Waals surface area contributed by atoms with Crippen molar-refractivity contribution in [2.45, 2.75) is 32.2 Å². The molecule has 1 aromatic heterocycles. The lowest BCUT2D eigenvalue weighted by molar-refractivity contribution is 0.0899. The molecule has 3 amide bonds. The number of nitrogens with two attached hydrogens (primary N) is 1. The van der Waals surface area contributed by atoms with Crippen LogP contribution in [0.1, 0.15) is 36.4 Å². The van der Waals surface area contributed by atoms with Crippen molar-refractivity contribution in [3.05, 3.63) is 47.3 Å². The number of para-hydroxylation sites is 1. The summed E-state index contributed by atoms with van der Waals surface area (Å²) in [5.74, 6) is -0.171. The first-order valence-electron chi connectivity index (χ1n) is 8.27. The topological polar surface area (TPSA) is 96.2 Å². The molecule has 0 unspecified atom stereocenters. The molecule has 0 saturated carbocycles. The third-order valence-electron chi connectivity index (χ3n) is 4.22. The van der Waals surface area contributed by atoms with E-state index in [2.05, 4.69) is 16.0 Å². The van der Waals surface area contributed by atoms with Crippen molar-refractivity contribution < 1.29 is 9.59 Å². The molecule has 0 fully saturated rings. The molecule has 2 aromatic rings. The number of rotatable bonds is 7. The van der Waals surface area contributed by atoms with E-state index in [0.29, 0.717) is 22.1 Å². The quantitative estimate of drug-likeness (QED) is 0.607. The molecule has 0 spiro atoms. The second-order valence-electron chi connectivity index (χ2n) is 5.75. The van der Waals surface area contributed by atoms with Crippen LogP contribution in [0.3, 0.4) is 0 Å². The Bertz CT molecular complexity index is 703. The van der Waals surface area contributed by atoms with E-state index in [1.807, 2.05) is 32.0 Å². The van der Waals surface area contributed by atoms with Crippen molar-refractivity contribution in [1.82, 2.24) is 5.32 Å². The molecule has 2 rings (SSSR count). The molecule has 7 heteroatoms. The van der Waals surface area contributed by atoms with Crippen molar-refractivity contribution in [2.24, 2.45) is 5.73 Å². The minimum absolute atomic E-state index is 0.171. The van der Waals surface area contributed by atoms with Crippen LogP contribution < -0.4 is 21.7 Å². The van der Waals surface area contributed by atoms with Crippen LogP contribution in [0.25, 0.3) is 0 Å². The summed E-state index contributed by atoms with van der Waals surface area (Å²) in [6.45, 7) is 4.40. The molecule has 0 aliphatic carbocycles. The highest BCUT2D eigenvalue weighted by Crippen LogP contribution is 2.23. The molecule has 0 saturated heterocycles. The van der Waals surface area contributed by atoms with Crippen molar-refractivity contribution >= 4 is 34.0 Å². The zero-order chi connectivity index (χ0) is 18.3. The molecule has 1 heterocycles. The Morgan fingerprint density at radius 2 is 1.72 bits per heavy atom. The number of amides is 3. The van der Waals surface area contributed by atoms with Crippen LogP contribution in [-0.4, -0.2) is 24.0 Å². The number of hydrogen-bond donors (Lipinski definition) is 4. The van der Waals surface area contributed by atoms with Gasteiger partial charge < -0.3 is 16.4 Å². The first-order valence-corrected chi connectivity index (χ1v) is 9.09. The van der Waals surface area contributed by atoms with Crippen molar-refractivity contribution in [1.29, 1.82) is 0 Å². The third kappa shape index (κ3) is 5.04. The number of carbonyl (C=O) groups excluding carboxylic acids is 2. The number of hydrogen-bond acceptors (Lipinski definition) is 4. The Morgan fingerprint density at radius 1 is 1.04 bits per heavy atom. The fraction of sp³-hybridized carbons (Fsp3) is 0.333. The van der Waals surface area contributed by atoms with Gasteiger partial charge in [0, 0.05) is 12.2 Å². The Balaban J connectivity index is 1.97. The van der Waals surface area contributed by atoms with Gasteiger partial charge in [-0.2, -0.15) is 0 Å². The molecule has 0 radical (unpaired) electrons. The summed E-state index contributed by atoms with van der Waals surface area (Å²) >= 11 is 1.23. The Hall–Kier alpha value is -2.38. The van der Waals surface area contributed by atoms with Crippen LogP contribution >= 0.6 is 11.3 Å². The van der Waals surface area contributed by atoms with E-state index in [4.69, 9.17) is 5.73 Å². The summed E-state index contributed by atoms with van der Waals surface area (Å²) in [7, 11) is 0. The number of nitrogens with one attached hydrogen (secondary N) is 3. The first kappa shape index (κ1) is 19.0. The Morgan fingerprint density at radius 3 is 2.32 bits per heavy atom. The Kier molecular flexibility index (Phi) is 6.55. The average molecular weight is 360 g/mol. The van der Waals surface area contributed by atoms with E-state index in [9.17, 15) is 9.59 Å². The van der Waals surface area contributed by atoms with Crippen molar-refractivity contribution in [3.8, 4) is 0 Å². The molecule has 0 atom stereocenters. The highest BCUT2D eigenvalue weighted by molar-refractivity contribution is 7.18. The lowest BCUT2D eigenvalue weighted by Gasteiger charge is -2.31. The van der Waals surface area contributed by atoms with E-state index < -0.39 is 0 Å². The number of benzene rings is 1. The summed E-state index contributed by atoms with van der Waals surface area (Å²) in [6, 6.07) is 12.2. The molecule has 0 aliphatic rings. The molecule has 0 bridgehead atoms. The van der Waals surface area contributed by atoms with Crippen molar-refractivity contribution in [2.75, 3.05) is 17.2 Å². The van der Waals surface area contributed by atoms with Gasteiger partial charge in [0.25, 0.3) is 5.91 Å². The molecule has 134 valence electrons. The van der Waals surface area contributed by atoms with Crippen LogP contribution in [0.15, 0.2) is 42.5 Å². The van der Waals surface area contributed by atoms with Gasteiger partial charge in [0.1, 0.15) is 0 Å². The van der Waals surface area contributed by atoms with Gasteiger partial charge in [-0.3, -0.25) is 10.1 Å². The SMILES string of the molecule is CCC(CC)(CN)NC(=O)c1ccc(NC(=O)Nc2ccccc2)s1. The maximum Gasteiger partial charge on any atom is 0.324 e. The third-order valence-corrected chi connectivity index (χ3v) is 5.22. The monoisotopic (exact) mass is 360 g/mol. The van der Waals surface area contributed by atoms with E-state index in [1.165, 1.54) is 11.3 Å². The van der Waals surface area contributed by atoms with E-state index in [-0.39, 0.29) is 17.5 Å². The predicted molar refractivity (Wildman–Crippen MR) is 103 cm³/mol. The summed E-state index contributed by atoms with van der Waals surface area (Å²) < 4.78 is 0. The van der Waals surface area contributed by atoms with Crippen LogP contribution in [0.5, 0.6) is 0 Å². The fourth-order valence-corrected chi connectivity index (χ4v) is 3.19. The molecular weight excluding hydrogens is 336 g/mol. The van der Waals surface area contributed by atoms with E-state index in [1.54, 1.807) is 24.3 Å². The molecule has 0 aliphatic heterocycles. The number of urea groups is 1. The minimum Gasteiger partial charge on any atom is -0.345 e. The minimum atomic E-state index is -0.390. The average Bonchev–Trinajstić information content (AvgIpc) is 3.09. The molecule has 5 N–H and O–H groups in total. The van der Waals surface area contributed by atoms with Crippen LogP contribution in [0.4, 0.5) is 15.5 Å². The zero-order valence-corrected chi connectivity index (χ0v) is 15.3. The van der Waals surface area contributed by atoms with Crippen molar-refractivity contribution in [3.63, 3.8) is 0 Å². The zero-order valence-electron chi connectivity index (χ0n) is 14.5. The van der Waals surface area contributed by atoms with E-state index in [0.717, 1.165) is 12.8 Å². The normalized spacial score (nSPS) is 11.0. The van der Waals surface area contributed by atoms with Gasteiger partial charge in [-0.05, 0) is 37.1 Å². The van der Waals surface area contributed by atoms with Gasteiger partial charge in [0.2, 0.25) is 0 Å². The second-order valence-corrected chi connectivity index (χ2v) is 6.84. The summed E-state index contributed by atoms with van der Waals surface area (Å²) in [5, 5.41) is 9.09. The molecule has 25 heavy (non-hydrogen) atoms. The maximum atomic E-state index is 12.4. The summed E-state index contributed by atoms with van der Waals surface area (Å²) in [6.07, 6.45) is 1.53. The smallest absolute Gasteiger partial charge is 0.324 e. The van der Waals surface area contributed by atoms with Gasteiger partial charge in [0.05, 0.1) is 15.4 Å². The molecule has 1 aromatic carbocycles. The summed E-state index contributed by atoms with van der Waals surface area (Å²) in [4.78, 5) is 25.0. The first-order chi connectivity index (χ1) is 12.0. The molecular formula is C18H24N4O2S. The lowest BCUT2D eigenvalue weighted by Crippen LogP contribution is -2.52. The van der Waals surface area contributed by atoms with Gasteiger partial charge in [0.15, 0.2) is 0 Å². The maximum absolute atomic E-state index is 12.4. The molecule has 6 nitrogen and oxygen atoms in total. The number of carbonyl (C=O) groups is 2. The van der Waals surface area contributed by atoms with Crippen LogP contribution in [0.2, 0.25) is 0 Å². The lowest BCUT2D eigenvalue weighted by atomic mass is 9.93. The highest BCUT2D eigenvalue weighted by atomic mass is 32.1. The second kappa shape index (κ2) is 8.64. The van der Waals surface area contributed by atoms with Gasteiger partial charge in [-0.25, -0.2) is 4.79 Å². The highest BCUT2D eigenvalue weighted by Gasteiger charge is 2.27. The van der Waals surface area contributed by atoms with Gasteiger partial charge in [-0.1, -0.05) is 32.0 Å². The largest absolute Gasteiger partial charge is 0.345 e. The van der Waals surface area contributed by atoms with Crippen LogP contribution in [0, 0.1) is 0 Å². The Labute approximate surface area is 151 Å². The van der Waals surface area contributed by atoms with Crippen LogP contribution in [-0.2, 0) is 0 Å². The number of anilines is 2. The summed E-state index contributed by atoms with van der Waals surface area (Å²) in [5.41, 5.74) is 6.14. The van der Waals surface area contributed by atoms with E-state index >= 15 is 0 Å². The van der Waals surface area contributed by atoms with Gasteiger partial charge >= 0.3 is 6.03 Å². The van der Waals surface area contributed by atoms with Gasteiger partial charge in [-0.15, -0.1) is 11.3 Å². The predicted octanol–water partition coefficient (Wildman–Crippen LogP) is 3.64.